The average Bonchev–Trinajstić information content (AvgIpc) is 2.46. The minimum Gasteiger partial charge on any atom is -0.409 e. The Hall–Kier alpha value is -1.67. The molecule has 2 rings (SSSR count). The second-order valence-corrected chi connectivity index (χ2v) is 5.73. The molecule has 6 nitrogen and oxygen atoms in total. The van der Waals surface area contributed by atoms with E-state index in [0.717, 1.165) is 0 Å². The van der Waals surface area contributed by atoms with Crippen molar-refractivity contribution in [2.24, 2.45) is 10.9 Å². The van der Waals surface area contributed by atoms with Crippen LogP contribution in [-0.2, 0) is 0 Å². The Kier molecular flexibility index (Phi) is 5.13. The third-order valence-electron chi connectivity index (χ3n) is 3.28. The van der Waals surface area contributed by atoms with Gasteiger partial charge in [-0.15, -0.1) is 0 Å². The zero-order valence-electron chi connectivity index (χ0n) is 11.3. The standard InChI is InChI=1S/C13H16BrFN4O2/c14-10-5-9(6-11(15)7-10)13(20)19-3-1-18(2-4-19)8-12(16)17-21/h5-7,21H,1-4,8H2,(H2,16,17). The fourth-order valence-electron chi connectivity index (χ4n) is 2.23. The topological polar surface area (TPSA) is 82.2 Å². The maximum absolute atomic E-state index is 13.3. The van der Waals surface area contributed by atoms with Gasteiger partial charge in [0.1, 0.15) is 5.82 Å². The van der Waals surface area contributed by atoms with Crippen LogP contribution in [0.25, 0.3) is 0 Å². The first-order chi connectivity index (χ1) is 9.99. The van der Waals surface area contributed by atoms with E-state index < -0.39 is 5.82 Å². The summed E-state index contributed by atoms with van der Waals surface area (Å²) in [6.07, 6.45) is 0. The van der Waals surface area contributed by atoms with E-state index in [0.29, 0.717) is 42.8 Å². The summed E-state index contributed by atoms with van der Waals surface area (Å²) in [4.78, 5) is 16.0. The predicted molar refractivity (Wildman–Crippen MR) is 79.9 cm³/mol. The normalized spacial score (nSPS) is 17.0. The lowest BCUT2D eigenvalue weighted by molar-refractivity contribution is 0.0652. The fourth-order valence-corrected chi connectivity index (χ4v) is 2.69. The van der Waals surface area contributed by atoms with Crippen LogP contribution in [0.1, 0.15) is 10.4 Å². The molecular weight excluding hydrogens is 343 g/mol. The molecule has 0 aliphatic carbocycles. The lowest BCUT2D eigenvalue weighted by Gasteiger charge is -2.34. The molecule has 3 N–H and O–H groups in total. The van der Waals surface area contributed by atoms with Gasteiger partial charge in [-0.2, -0.15) is 0 Å². The summed E-state index contributed by atoms with van der Waals surface area (Å²) in [5.41, 5.74) is 5.78. The van der Waals surface area contributed by atoms with Gasteiger partial charge in [0.25, 0.3) is 5.91 Å². The van der Waals surface area contributed by atoms with Gasteiger partial charge in [0.2, 0.25) is 0 Å². The minimum absolute atomic E-state index is 0.142. The molecule has 0 spiro atoms. The smallest absolute Gasteiger partial charge is 0.254 e. The molecule has 21 heavy (non-hydrogen) atoms. The van der Waals surface area contributed by atoms with E-state index in [9.17, 15) is 9.18 Å². The number of piperazine rings is 1. The summed E-state index contributed by atoms with van der Waals surface area (Å²) in [6.45, 7) is 2.65. The number of halogens is 2. The molecule has 0 radical (unpaired) electrons. The van der Waals surface area contributed by atoms with E-state index in [-0.39, 0.29) is 11.7 Å². The van der Waals surface area contributed by atoms with Gasteiger partial charge >= 0.3 is 0 Å². The second-order valence-electron chi connectivity index (χ2n) is 4.82. The van der Waals surface area contributed by atoms with E-state index in [4.69, 9.17) is 10.9 Å². The van der Waals surface area contributed by atoms with Crippen LogP contribution in [0.15, 0.2) is 27.8 Å². The SMILES string of the molecule is NC(CN1CCN(C(=O)c2cc(F)cc(Br)c2)CC1)=NO. The van der Waals surface area contributed by atoms with Crippen LogP contribution in [0.4, 0.5) is 4.39 Å². The number of hydrogen-bond acceptors (Lipinski definition) is 4. The van der Waals surface area contributed by atoms with Crippen molar-refractivity contribution in [3.8, 4) is 0 Å². The molecule has 1 aliphatic heterocycles. The number of rotatable bonds is 3. The Morgan fingerprint density at radius 3 is 2.57 bits per heavy atom. The van der Waals surface area contributed by atoms with E-state index in [1.807, 2.05) is 4.90 Å². The van der Waals surface area contributed by atoms with Gasteiger partial charge in [0.15, 0.2) is 5.84 Å². The Labute approximate surface area is 130 Å². The van der Waals surface area contributed by atoms with E-state index in [2.05, 4.69) is 21.1 Å². The van der Waals surface area contributed by atoms with Crippen LogP contribution in [0.5, 0.6) is 0 Å². The molecule has 1 aromatic rings. The number of oxime groups is 1. The number of nitrogens with zero attached hydrogens (tertiary/aromatic N) is 3. The lowest BCUT2D eigenvalue weighted by Crippen LogP contribution is -2.50. The van der Waals surface area contributed by atoms with E-state index in [1.165, 1.54) is 12.1 Å². The summed E-state index contributed by atoms with van der Waals surface area (Å²) < 4.78 is 13.9. The van der Waals surface area contributed by atoms with Crippen molar-refractivity contribution in [3.63, 3.8) is 0 Å². The monoisotopic (exact) mass is 358 g/mol. The molecule has 1 aliphatic rings. The molecule has 0 saturated carbocycles. The summed E-state index contributed by atoms with van der Waals surface area (Å²) in [5, 5.41) is 11.5. The molecular formula is C13H16BrFN4O2. The zero-order chi connectivity index (χ0) is 15.4. The Morgan fingerprint density at radius 1 is 1.33 bits per heavy atom. The maximum Gasteiger partial charge on any atom is 0.254 e. The van der Waals surface area contributed by atoms with Crippen molar-refractivity contribution in [2.45, 2.75) is 0 Å². The van der Waals surface area contributed by atoms with Crippen molar-refractivity contribution >= 4 is 27.7 Å². The average molecular weight is 359 g/mol. The molecule has 0 aromatic heterocycles. The summed E-state index contributed by atoms with van der Waals surface area (Å²) in [7, 11) is 0. The number of benzene rings is 1. The summed E-state index contributed by atoms with van der Waals surface area (Å²) >= 11 is 3.18. The first-order valence-corrected chi connectivity index (χ1v) is 7.23. The third-order valence-corrected chi connectivity index (χ3v) is 3.74. The Balaban J connectivity index is 1.97. The summed E-state index contributed by atoms with van der Waals surface area (Å²) in [5.74, 6) is -0.499. The van der Waals surface area contributed by atoms with E-state index >= 15 is 0 Å². The van der Waals surface area contributed by atoms with Crippen molar-refractivity contribution < 1.29 is 14.4 Å². The quantitative estimate of drug-likeness (QED) is 0.366. The van der Waals surface area contributed by atoms with Crippen molar-refractivity contribution in [2.75, 3.05) is 32.7 Å². The van der Waals surface area contributed by atoms with Crippen molar-refractivity contribution in [3.05, 3.63) is 34.1 Å². The number of amidine groups is 1. The lowest BCUT2D eigenvalue weighted by atomic mass is 10.1. The molecule has 1 fully saturated rings. The minimum atomic E-state index is -0.446. The van der Waals surface area contributed by atoms with Gasteiger partial charge in [0.05, 0.1) is 6.54 Å². The number of carbonyl (C=O) groups excluding carboxylic acids is 1. The first-order valence-electron chi connectivity index (χ1n) is 6.43. The number of carbonyl (C=O) groups is 1. The summed E-state index contributed by atoms with van der Waals surface area (Å²) in [6, 6.07) is 4.15. The van der Waals surface area contributed by atoms with Crippen LogP contribution in [0.2, 0.25) is 0 Å². The molecule has 0 bridgehead atoms. The molecule has 8 heteroatoms. The molecule has 1 aromatic carbocycles. The number of hydrogen-bond donors (Lipinski definition) is 2. The first kappa shape index (κ1) is 15.7. The van der Waals surface area contributed by atoms with Gasteiger partial charge in [-0.25, -0.2) is 4.39 Å². The highest BCUT2D eigenvalue weighted by molar-refractivity contribution is 9.10. The predicted octanol–water partition coefficient (Wildman–Crippen LogP) is 1.09. The molecule has 0 unspecified atom stereocenters. The molecule has 1 amide bonds. The van der Waals surface area contributed by atoms with Crippen LogP contribution in [-0.4, -0.2) is 59.5 Å². The number of nitrogens with two attached hydrogens (primary N) is 1. The zero-order valence-corrected chi connectivity index (χ0v) is 12.9. The maximum atomic E-state index is 13.3. The highest BCUT2D eigenvalue weighted by Gasteiger charge is 2.23. The van der Waals surface area contributed by atoms with Gasteiger partial charge in [0, 0.05) is 36.2 Å². The highest BCUT2D eigenvalue weighted by Crippen LogP contribution is 2.17. The Morgan fingerprint density at radius 2 is 2.00 bits per heavy atom. The highest BCUT2D eigenvalue weighted by atomic mass is 79.9. The van der Waals surface area contributed by atoms with Crippen LogP contribution < -0.4 is 5.73 Å². The number of amides is 1. The van der Waals surface area contributed by atoms with Crippen LogP contribution >= 0.6 is 15.9 Å². The Bertz CT molecular complexity index is 539. The molecule has 0 atom stereocenters. The van der Waals surface area contributed by atoms with Gasteiger partial charge in [-0.05, 0) is 18.2 Å². The van der Waals surface area contributed by atoms with Crippen molar-refractivity contribution in [1.29, 1.82) is 0 Å². The second kappa shape index (κ2) is 6.86. The largest absolute Gasteiger partial charge is 0.409 e. The van der Waals surface area contributed by atoms with Crippen LogP contribution in [0, 0.1) is 5.82 Å². The fraction of sp³-hybridized carbons (Fsp3) is 0.385. The van der Waals surface area contributed by atoms with Crippen molar-refractivity contribution in [1.82, 2.24) is 9.80 Å². The molecule has 114 valence electrons. The van der Waals surface area contributed by atoms with Gasteiger partial charge in [-0.1, -0.05) is 21.1 Å². The molecule has 1 saturated heterocycles. The molecule has 1 heterocycles. The van der Waals surface area contributed by atoms with E-state index in [1.54, 1.807) is 11.0 Å². The van der Waals surface area contributed by atoms with Crippen LogP contribution in [0.3, 0.4) is 0 Å². The van der Waals surface area contributed by atoms with Gasteiger partial charge < -0.3 is 15.8 Å². The third kappa shape index (κ3) is 4.15. The van der Waals surface area contributed by atoms with Gasteiger partial charge in [-0.3, -0.25) is 9.69 Å².